The van der Waals surface area contributed by atoms with E-state index in [9.17, 15) is 0 Å². The van der Waals surface area contributed by atoms with Gasteiger partial charge in [-0.3, -0.25) is 6.08 Å². The van der Waals surface area contributed by atoms with Crippen LogP contribution in [0.3, 0.4) is 0 Å². The van der Waals surface area contributed by atoms with E-state index in [0.29, 0.717) is 5.41 Å². The van der Waals surface area contributed by atoms with Crippen molar-refractivity contribution >= 4 is 35.9 Å². The molecule has 0 saturated heterocycles. The molecule has 3 heteroatoms. The summed E-state index contributed by atoms with van der Waals surface area (Å²) in [6.07, 6.45) is 23.9. The first kappa shape index (κ1) is 42.8. The van der Waals surface area contributed by atoms with Crippen LogP contribution in [0.25, 0.3) is 32.7 Å². The van der Waals surface area contributed by atoms with Gasteiger partial charge < -0.3 is 24.8 Å². The fourth-order valence-corrected chi connectivity index (χ4v) is 7.83. The average Bonchev–Trinajstić information content (AvgIpc) is 3.67. The Morgan fingerprint density at radius 1 is 0.750 bits per heavy atom. The first-order chi connectivity index (χ1) is 21.6. The normalized spacial score (nSPS) is 16.9. The van der Waals surface area contributed by atoms with Gasteiger partial charge in [0, 0.05) is 0 Å². The van der Waals surface area contributed by atoms with Crippen LogP contribution in [-0.2, 0) is 35.1 Å². The van der Waals surface area contributed by atoms with Crippen LogP contribution in [0.4, 0.5) is 0 Å². The van der Waals surface area contributed by atoms with E-state index in [1.165, 1.54) is 99.0 Å². The van der Waals surface area contributed by atoms with Gasteiger partial charge in [-0.15, -0.1) is 46.2 Å². The number of hydrogen-bond donors (Lipinski definition) is 0. The molecule has 0 aliphatic heterocycles. The predicted molar refractivity (Wildman–Crippen MR) is 204 cm³/mol. The van der Waals surface area contributed by atoms with Crippen LogP contribution < -0.4 is 24.8 Å². The van der Waals surface area contributed by atoms with Gasteiger partial charge in [-0.1, -0.05) is 89.3 Å². The SMILES string of the molecule is CC(C)(C)C1=CC[C-]=C1.CC1=CCC(C)(C)c2cc3[cH-]c4cc5c(cc4c3cc21)C(C)=CCC5(C)C.CCCC[C](=[Zr+2])CCCC.[Cl-].[Cl-]. The summed E-state index contributed by atoms with van der Waals surface area (Å²) < 4.78 is 1.79. The fraction of sp³-hybridized carbons (Fsp3) is 0.511. The van der Waals surface area contributed by atoms with Gasteiger partial charge in [-0.05, 0) is 59.8 Å². The molecule has 6 rings (SSSR count). The van der Waals surface area contributed by atoms with Crippen LogP contribution in [0.2, 0.25) is 0 Å². The van der Waals surface area contributed by atoms with Crippen LogP contribution in [0.1, 0.15) is 156 Å². The second kappa shape index (κ2) is 17.7. The summed E-state index contributed by atoms with van der Waals surface area (Å²) in [6.45, 7) is 25.2. The van der Waals surface area contributed by atoms with Gasteiger partial charge >= 0.3 is 79.8 Å². The van der Waals surface area contributed by atoms with Gasteiger partial charge in [-0.2, -0.15) is 11.6 Å². The van der Waals surface area contributed by atoms with Crippen LogP contribution in [0, 0.1) is 11.5 Å². The van der Waals surface area contributed by atoms with Gasteiger partial charge in [0.2, 0.25) is 0 Å². The van der Waals surface area contributed by atoms with E-state index in [1.807, 2.05) is 0 Å². The zero-order valence-corrected chi connectivity index (χ0v) is 35.8. The number of fused-ring (bicyclic) bond motifs is 5. The summed E-state index contributed by atoms with van der Waals surface area (Å²) in [5.74, 6) is 0. The van der Waals surface area contributed by atoms with Crippen molar-refractivity contribution in [1.29, 1.82) is 0 Å². The molecule has 3 aliphatic carbocycles. The third-order valence-corrected chi connectivity index (χ3v) is 11.6. The van der Waals surface area contributed by atoms with Crippen molar-refractivity contribution in [3.63, 3.8) is 0 Å². The molecule has 0 nitrogen and oxygen atoms in total. The van der Waals surface area contributed by atoms with Crippen molar-refractivity contribution in [2.24, 2.45) is 5.41 Å². The monoisotopic (exact) mass is 760 g/mol. The van der Waals surface area contributed by atoms with E-state index in [0.717, 1.165) is 19.3 Å². The third-order valence-electron chi connectivity index (χ3n) is 10.4. The second-order valence-corrected chi connectivity index (χ2v) is 18.1. The van der Waals surface area contributed by atoms with E-state index in [2.05, 4.69) is 137 Å². The Bertz CT molecular complexity index is 1590. The molecule has 0 saturated carbocycles. The van der Waals surface area contributed by atoms with Crippen LogP contribution in [0.15, 0.2) is 60.2 Å². The molecule has 0 atom stereocenters. The molecule has 260 valence electrons. The molecule has 0 heterocycles. The zero-order chi connectivity index (χ0) is 33.9. The van der Waals surface area contributed by atoms with Gasteiger partial charge in [-0.25, -0.2) is 6.08 Å². The Kier molecular flexibility index (Phi) is 15.8. The summed E-state index contributed by atoms with van der Waals surface area (Å²) in [7, 11) is 0. The van der Waals surface area contributed by atoms with Crippen molar-refractivity contribution in [1.82, 2.24) is 0 Å². The summed E-state index contributed by atoms with van der Waals surface area (Å²) in [5.41, 5.74) is 10.9. The van der Waals surface area contributed by atoms with E-state index in [-0.39, 0.29) is 35.6 Å². The van der Waals surface area contributed by atoms with E-state index < -0.39 is 0 Å². The Morgan fingerprint density at radius 3 is 1.52 bits per heavy atom. The maximum Gasteiger partial charge on any atom is -1.00 e. The molecule has 0 unspecified atom stereocenters. The predicted octanol–water partition coefficient (Wildman–Crippen LogP) is 7.70. The first-order valence-corrected chi connectivity index (χ1v) is 19.2. The van der Waals surface area contributed by atoms with E-state index in [1.54, 1.807) is 27.4 Å². The summed E-state index contributed by atoms with van der Waals surface area (Å²) in [6, 6.07) is 12.3. The van der Waals surface area contributed by atoms with E-state index in [4.69, 9.17) is 0 Å². The summed E-state index contributed by atoms with van der Waals surface area (Å²) in [4.78, 5) is 0. The maximum absolute atomic E-state index is 3.16. The van der Waals surface area contributed by atoms with E-state index >= 15 is 0 Å². The molecule has 3 aliphatic rings. The standard InChI is InChI=1S/C27H29.C9H13.C9H18.2ClH.Zr/c1-16-7-9-26(3,4)24-12-18-11-19-13-25-21(17(2)8-10-27(25,5)6)15-23(19)22(18)14-20(16)24;1-9(2,3)8-6-4-5-7-8;1-3-5-7-9-8-6-4-2;;;/h7-8,11-15H,9-10H2,1-6H3;6-7H,4H2,1-3H3;3-8H2,1-2H3;2*1H;/q2*-1;;;;+2/p-2. The van der Waals surface area contributed by atoms with Gasteiger partial charge in [0.05, 0.1) is 0 Å². The minimum absolute atomic E-state index is 0. The third kappa shape index (κ3) is 10.1. The molecule has 0 radical (unpaired) electrons. The maximum atomic E-state index is 3.16. The molecule has 48 heavy (non-hydrogen) atoms. The second-order valence-electron chi connectivity index (χ2n) is 16.3. The smallest absolute Gasteiger partial charge is 1.00 e. The Morgan fingerprint density at radius 2 is 1.19 bits per heavy atom. The van der Waals surface area contributed by atoms with Crippen molar-refractivity contribution in [2.75, 3.05) is 0 Å². The minimum atomic E-state index is 0. The number of benzene rings is 2. The molecule has 0 amide bonds. The number of rotatable bonds is 6. The zero-order valence-electron chi connectivity index (χ0n) is 31.8. The first-order valence-electron chi connectivity index (χ1n) is 18.0. The molecule has 3 aromatic rings. The van der Waals surface area contributed by atoms with Crippen LogP contribution in [-0.4, -0.2) is 3.21 Å². The van der Waals surface area contributed by atoms with Crippen molar-refractivity contribution in [2.45, 2.75) is 145 Å². The molecule has 0 spiro atoms. The van der Waals surface area contributed by atoms with Gasteiger partial charge in [0.1, 0.15) is 0 Å². The van der Waals surface area contributed by atoms with Crippen molar-refractivity contribution in [3.05, 3.63) is 88.5 Å². The summed E-state index contributed by atoms with van der Waals surface area (Å²) >= 11 is 1.67. The summed E-state index contributed by atoms with van der Waals surface area (Å²) in [5, 5.41) is 5.61. The van der Waals surface area contributed by atoms with Crippen molar-refractivity contribution in [3.8, 4) is 0 Å². The Balaban J connectivity index is 0.000000317. The van der Waals surface area contributed by atoms with Crippen molar-refractivity contribution < 1.29 is 49.0 Å². The fourth-order valence-electron chi connectivity index (χ4n) is 6.96. The largest absolute Gasteiger partial charge is 1.00 e. The quantitative estimate of drug-likeness (QED) is 0.226. The molecule has 0 N–H and O–H groups in total. The van der Waals surface area contributed by atoms with Gasteiger partial charge in [0.15, 0.2) is 0 Å². The molecule has 0 aromatic heterocycles. The molecule has 0 bridgehead atoms. The number of hydrogen-bond acceptors (Lipinski definition) is 0. The van der Waals surface area contributed by atoms with Crippen LogP contribution >= 0.6 is 0 Å². The Labute approximate surface area is 321 Å². The average molecular weight is 763 g/mol. The topological polar surface area (TPSA) is 0 Å². The molecule has 3 aromatic carbocycles. The number of allylic oxidation sites excluding steroid dienone is 8. The molecular formula is C45H60Cl2Zr-2. The molecular weight excluding hydrogens is 703 g/mol. The Hall–Kier alpha value is -1.40. The molecule has 0 fully saturated rings. The number of halogens is 2. The minimum Gasteiger partial charge on any atom is -1.00 e. The van der Waals surface area contributed by atoms with Crippen LogP contribution in [0.5, 0.6) is 0 Å². The van der Waals surface area contributed by atoms with Gasteiger partial charge in [0.25, 0.3) is 0 Å². The number of unbranched alkanes of at least 4 members (excludes halogenated alkanes) is 2.